The van der Waals surface area contributed by atoms with Gasteiger partial charge in [0.25, 0.3) is 0 Å². The molecular weight excluding hydrogens is 150 g/mol. The Labute approximate surface area is 75.6 Å². The van der Waals surface area contributed by atoms with Gasteiger partial charge in [-0.1, -0.05) is 13.3 Å². The molecule has 0 aromatic rings. The molecule has 2 nitrogen and oxygen atoms in total. The first kappa shape index (κ1) is 10.0. The lowest BCUT2D eigenvalue weighted by atomic mass is 9.95. The maximum Gasteiger partial charge on any atom is 0.0584 e. The number of aliphatic hydroxyl groups excluding tert-OH is 1. The second kappa shape index (κ2) is 4.83. The molecule has 1 fully saturated rings. The molecule has 1 N–H and O–H groups in total. The molecule has 0 aromatic heterocycles. The average molecular weight is 171 g/mol. The number of hydrogen-bond acceptors (Lipinski definition) is 2. The fourth-order valence-electron chi connectivity index (χ4n) is 1.95. The fourth-order valence-corrected chi connectivity index (χ4v) is 1.95. The van der Waals surface area contributed by atoms with Crippen molar-refractivity contribution >= 4 is 0 Å². The normalized spacial score (nSPS) is 28.8. The number of hydrogen-bond donors (Lipinski definition) is 1. The van der Waals surface area contributed by atoms with E-state index in [1.54, 1.807) is 0 Å². The Morgan fingerprint density at radius 3 is 2.92 bits per heavy atom. The van der Waals surface area contributed by atoms with Gasteiger partial charge >= 0.3 is 0 Å². The van der Waals surface area contributed by atoms with E-state index >= 15 is 0 Å². The van der Waals surface area contributed by atoms with Crippen molar-refractivity contribution in [3.8, 4) is 0 Å². The van der Waals surface area contributed by atoms with Crippen LogP contribution in [0.15, 0.2) is 0 Å². The number of aliphatic hydroxyl groups is 1. The summed E-state index contributed by atoms with van der Waals surface area (Å²) in [5, 5.41) is 9.00. The Bertz CT molecular complexity index is 125. The van der Waals surface area contributed by atoms with Gasteiger partial charge in [-0.3, -0.25) is 4.90 Å². The van der Waals surface area contributed by atoms with Crippen LogP contribution in [0.2, 0.25) is 0 Å². The lowest BCUT2D eigenvalue weighted by molar-refractivity contribution is 0.0883. The van der Waals surface area contributed by atoms with Gasteiger partial charge in [0.05, 0.1) is 6.61 Å². The summed E-state index contributed by atoms with van der Waals surface area (Å²) in [4.78, 5) is 2.41. The second-order valence-electron chi connectivity index (χ2n) is 3.94. The van der Waals surface area contributed by atoms with Crippen molar-refractivity contribution in [1.29, 1.82) is 0 Å². The van der Waals surface area contributed by atoms with Gasteiger partial charge in [0.1, 0.15) is 0 Å². The van der Waals surface area contributed by atoms with Gasteiger partial charge in [0, 0.05) is 12.6 Å². The predicted octanol–water partition coefficient (Wildman–Crippen LogP) is 1.49. The van der Waals surface area contributed by atoms with Crippen LogP contribution in [0.1, 0.15) is 33.1 Å². The van der Waals surface area contributed by atoms with E-state index in [0.29, 0.717) is 12.6 Å². The van der Waals surface area contributed by atoms with Gasteiger partial charge in [0.2, 0.25) is 0 Å². The summed E-state index contributed by atoms with van der Waals surface area (Å²) in [6.07, 6.45) is 3.97. The summed E-state index contributed by atoms with van der Waals surface area (Å²) < 4.78 is 0. The van der Waals surface area contributed by atoms with Crippen molar-refractivity contribution in [3.05, 3.63) is 0 Å². The molecule has 72 valence electrons. The Hall–Kier alpha value is -0.0800. The maximum atomic E-state index is 9.00. The van der Waals surface area contributed by atoms with Crippen LogP contribution in [-0.2, 0) is 0 Å². The van der Waals surface area contributed by atoms with Crippen molar-refractivity contribution in [3.63, 3.8) is 0 Å². The SMILES string of the molecule is CCC1CCCN(C(C)CO)C1. The van der Waals surface area contributed by atoms with Crippen molar-refractivity contribution < 1.29 is 5.11 Å². The van der Waals surface area contributed by atoms with Crippen molar-refractivity contribution in [2.45, 2.75) is 39.2 Å². The third-order valence-electron chi connectivity index (χ3n) is 3.02. The maximum absolute atomic E-state index is 9.00. The highest BCUT2D eigenvalue weighted by Crippen LogP contribution is 2.20. The summed E-state index contributed by atoms with van der Waals surface area (Å²) in [5.41, 5.74) is 0. The minimum atomic E-state index is 0.302. The summed E-state index contributed by atoms with van der Waals surface area (Å²) >= 11 is 0. The summed E-state index contributed by atoms with van der Waals surface area (Å²) in [7, 11) is 0. The van der Waals surface area contributed by atoms with Crippen LogP contribution >= 0.6 is 0 Å². The van der Waals surface area contributed by atoms with Crippen LogP contribution in [0.5, 0.6) is 0 Å². The zero-order valence-corrected chi connectivity index (χ0v) is 8.29. The first-order valence-electron chi connectivity index (χ1n) is 5.12. The zero-order chi connectivity index (χ0) is 8.97. The van der Waals surface area contributed by atoms with E-state index in [1.807, 2.05) is 0 Å². The predicted molar refractivity (Wildman–Crippen MR) is 51.1 cm³/mol. The Kier molecular flexibility index (Phi) is 4.02. The molecule has 2 heteroatoms. The van der Waals surface area contributed by atoms with Crippen LogP contribution in [0.25, 0.3) is 0 Å². The highest BCUT2D eigenvalue weighted by Gasteiger charge is 2.21. The number of nitrogens with zero attached hydrogens (tertiary/aromatic N) is 1. The topological polar surface area (TPSA) is 23.5 Å². The lowest BCUT2D eigenvalue weighted by Crippen LogP contribution is -2.42. The average Bonchev–Trinajstić information content (AvgIpc) is 2.17. The van der Waals surface area contributed by atoms with E-state index < -0.39 is 0 Å². The van der Waals surface area contributed by atoms with Gasteiger partial charge in [-0.2, -0.15) is 0 Å². The standard InChI is InChI=1S/C10H21NO/c1-3-10-5-4-6-11(7-10)9(2)8-12/h9-10,12H,3-8H2,1-2H3. The van der Waals surface area contributed by atoms with Crippen molar-refractivity contribution in [2.75, 3.05) is 19.7 Å². The quantitative estimate of drug-likeness (QED) is 0.695. The van der Waals surface area contributed by atoms with Gasteiger partial charge in [-0.25, -0.2) is 0 Å². The Morgan fingerprint density at radius 2 is 2.33 bits per heavy atom. The highest BCUT2D eigenvalue weighted by atomic mass is 16.3. The minimum absolute atomic E-state index is 0.302. The molecule has 12 heavy (non-hydrogen) atoms. The van der Waals surface area contributed by atoms with Crippen LogP contribution in [-0.4, -0.2) is 35.7 Å². The first-order chi connectivity index (χ1) is 5.77. The second-order valence-corrected chi connectivity index (χ2v) is 3.94. The molecule has 2 atom stereocenters. The third-order valence-corrected chi connectivity index (χ3v) is 3.02. The molecule has 0 spiro atoms. The summed E-state index contributed by atoms with van der Waals surface area (Å²) in [6.45, 7) is 7.04. The van der Waals surface area contributed by atoms with Crippen LogP contribution in [0.3, 0.4) is 0 Å². The molecule has 2 unspecified atom stereocenters. The van der Waals surface area contributed by atoms with Crippen LogP contribution < -0.4 is 0 Å². The van der Waals surface area contributed by atoms with Crippen LogP contribution in [0, 0.1) is 5.92 Å². The molecule has 0 radical (unpaired) electrons. The summed E-state index contributed by atoms with van der Waals surface area (Å²) in [5.74, 6) is 0.868. The molecule has 1 saturated heterocycles. The number of likely N-dealkylation sites (tertiary alicyclic amines) is 1. The van der Waals surface area contributed by atoms with E-state index in [2.05, 4.69) is 18.7 Å². The lowest BCUT2D eigenvalue weighted by Gasteiger charge is -2.35. The van der Waals surface area contributed by atoms with E-state index in [9.17, 15) is 0 Å². The number of piperidine rings is 1. The smallest absolute Gasteiger partial charge is 0.0584 e. The molecule has 1 rings (SSSR count). The Balaban J connectivity index is 2.34. The van der Waals surface area contributed by atoms with Crippen molar-refractivity contribution in [1.82, 2.24) is 4.90 Å². The molecule has 0 aliphatic carbocycles. The third kappa shape index (κ3) is 2.46. The highest BCUT2D eigenvalue weighted by molar-refractivity contribution is 4.75. The molecule has 0 amide bonds. The largest absolute Gasteiger partial charge is 0.395 e. The zero-order valence-electron chi connectivity index (χ0n) is 8.29. The molecule has 0 aromatic carbocycles. The Morgan fingerprint density at radius 1 is 1.58 bits per heavy atom. The van der Waals surface area contributed by atoms with Gasteiger partial charge < -0.3 is 5.11 Å². The minimum Gasteiger partial charge on any atom is -0.395 e. The number of rotatable bonds is 3. The first-order valence-corrected chi connectivity index (χ1v) is 5.12. The fraction of sp³-hybridized carbons (Fsp3) is 1.00. The van der Waals surface area contributed by atoms with Gasteiger partial charge in [0.15, 0.2) is 0 Å². The van der Waals surface area contributed by atoms with Crippen molar-refractivity contribution in [2.24, 2.45) is 5.92 Å². The van der Waals surface area contributed by atoms with E-state index in [0.717, 1.165) is 5.92 Å². The van der Waals surface area contributed by atoms with Gasteiger partial charge in [-0.05, 0) is 32.2 Å². The molecule has 0 bridgehead atoms. The van der Waals surface area contributed by atoms with Gasteiger partial charge in [-0.15, -0.1) is 0 Å². The monoisotopic (exact) mass is 171 g/mol. The summed E-state index contributed by atoms with van der Waals surface area (Å²) in [6, 6.07) is 0.361. The van der Waals surface area contributed by atoms with Crippen LogP contribution in [0.4, 0.5) is 0 Å². The van der Waals surface area contributed by atoms with E-state index in [1.165, 1.54) is 32.4 Å². The molecule has 0 saturated carbocycles. The van der Waals surface area contributed by atoms with E-state index in [4.69, 9.17) is 5.11 Å². The van der Waals surface area contributed by atoms with E-state index in [-0.39, 0.29) is 0 Å². The molecule has 1 heterocycles. The molecular formula is C10H21NO. The molecule has 1 aliphatic rings. The molecule has 1 aliphatic heterocycles.